The molecule has 0 N–H and O–H groups in total. The van der Waals surface area contributed by atoms with Crippen LogP contribution in [0.1, 0.15) is 207 Å². The van der Waals surface area contributed by atoms with Crippen LogP contribution >= 0.6 is 0 Å². The topological polar surface area (TPSA) is 60.4 Å². The average Bonchev–Trinajstić information content (AvgIpc) is 2.97. The number of hydrogen-bond acceptors (Lipinski definition) is 4. The summed E-state index contributed by atoms with van der Waals surface area (Å²) in [5.74, 6) is 0.0597. The molecule has 0 spiro atoms. The second-order valence-corrected chi connectivity index (χ2v) is 12.6. The van der Waals surface area contributed by atoms with Gasteiger partial charge in [0.2, 0.25) is 0 Å². The molecular formula is C37H70O4. The van der Waals surface area contributed by atoms with Crippen molar-refractivity contribution in [2.24, 2.45) is 5.92 Å². The van der Waals surface area contributed by atoms with Crippen LogP contribution in [0.3, 0.4) is 0 Å². The fourth-order valence-electron chi connectivity index (χ4n) is 5.63. The Morgan fingerprint density at radius 3 is 1.22 bits per heavy atom. The van der Waals surface area contributed by atoms with Crippen molar-refractivity contribution in [3.05, 3.63) is 0 Å². The van der Waals surface area contributed by atoms with Crippen LogP contribution in [0.25, 0.3) is 0 Å². The molecule has 0 aliphatic rings. The molecule has 0 aliphatic heterocycles. The number of ketones is 2. The van der Waals surface area contributed by atoms with Gasteiger partial charge in [-0.15, -0.1) is 0 Å². The molecular weight excluding hydrogens is 508 g/mol. The first-order chi connectivity index (χ1) is 20.0. The number of carbonyl (C=O) groups is 3. The summed E-state index contributed by atoms with van der Waals surface area (Å²) in [5, 5.41) is 0. The van der Waals surface area contributed by atoms with Crippen molar-refractivity contribution >= 4 is 17.5 Å². The van der Waals surface area contributed by atoms with E-state index in [1.807, 2.05) is 6.92 Å². The van der Waals surface area contributed by atoms with Crippen molar-refractivity contribution < 1.29 is 19.1 Å². The molecule has 0 amide bonds. The van der Waals surface area contributed by atoms with Crippen LogP contribution in [0, 0.1) is 5.92 Å². The molecule has 4 heteroatoms. The molecule has 0 aromatic rings. The summed E-state index contributed by atoms with van der Waals surface area (Å²) in [6.07, 6.45) is 31.9. The van der Waals surface area contributed by atoms with E-state index in [9.17, 15) is 14.4 Å². The molecule has 0 aromatic heterocycles. The van der Waals surface area contributed by atoms with Gasteiger partial charge in [0.1, 0.15) is 11.6 Å². The van der Waals surface area contributed by atoms with E-state index >= 15 is 0 Å². The molecule has 4 nitrogen and oxygen atoms in total. The van der Waals surface area contributed by atoms with Gasteiger partial charge < -0.3 is 4.74 Å². The molecule has 0 aliphatic carbocycles. The lowest BCUT2D eigenvalue weighted by Gasteiger charge is -2.15. The number of ether oxygens (including phenoxy) is 1. The van der Waals surface area contributed by atoms with E-state index in [4.69, 9.17) is 4.74 Å². The third-order valence-electron chi connectivity index (χ3n) is 8.38. The molecule has 0 saturated heterocycles. The van der Waals surface area contributed by atoms with E-state index in [0.29, 0.717) is 38.1 Å². The normalized spacial score (nSPS) is 12.0. The molecule has 0 bridgehead atoms. The van der Waals surface area contributed by atoms with Gasteiger partial charge in [0.25, 0.3) is 0 Å². The molecule has 0 aromatic carbocycles. The van der Waals surface area contributed by atoms with Crippen LogP contribution < -0.4 is 0 Å². The Balaban J connectivity index is 3.98. The van der Waals surface area contributed by atoms with Gasteiger partial charge in [-0.3, -0.25) is 14.4 Å². The van der Waals surface area contributed by atoms with Gasteiger partial charge in [-0.25, -0.2) is 0 Å². The van der Waals surface area contributed by atoms with Crippen LogP contribution in [0.5, 0.6) is 0 Å². The standard InChI is InChI=1S/C37H70O4/c1-4-7-9-11-13-15-16-18-20-22-26-31-36(39)33-34(37(40)41-32-6-3)28-24-23-27-30-35(38)29-25-21-19-17-14-12-10-8-5-2/h34H,4-33H2,1-3H3/t34-/m1/s1. The highest BCUT2D eigenvalue weighted by Gasteiger charge is 2.22. The fraction of sp³-hybridized carbons (Fsp3) is 0.919. The SMILES string of the molecule is CCCCCCCCCCCCCC(=O)C[C@@H](CCCCCC(=O)CCCCCCCCCCC)C(=O)OCCC. The molecule has 0 fully saturated rings. The Hall–Kier alpha value is -1.19. The molecule has 0 unspecified atom stereocenters. The number of rotatable bonds is 33. The zero-order valence-electron chi connectivity index (χ0n) is 27.9. The minimum atomic E-state index is -0.320. The monoisotopic (exact) mass is 579 g/mol. The predicted octanol–water partition coefficient (Wildman–Crippen LogP) is 11.7. The summed E-state index contributed by atoms with van der Waals surface area (Å²) >= 11 is 0. The minimum absolute atomic E-state index is 0.204. The number of hydrogen-bond donors (Lipinski definition) is 0. The third-order valence-corrected chi connectivity index (χ3v) is 8.38. The van der Waals surface area contributed by atoms with E-state index in [-0.39, 0.29) is 17.7 Å². The van der Waals surface area contributed by atoms with Crippen LogP contribution in [-0.2, 0) is 19.1 Å². The van der Waals surface area contributed by atoms with Gasteiger partial charge in [-0.1, -0.05) is 149 Å². The van der Waals surface area contributed by atoms with E-state index in [1.54, 1.807) is 0 Å². The van der Waals surface area contributed by atoms with Crippen molar-refractivity contribution in [3.8, 4) is 0 Å². The number of unbranched alkanes of at least 4 members (excludes halogenated alkanes) is 20. The highest BCUT2D eigenvalue weighted by Crippen LogP contribution is 2.20. The van der Waals surface area contributed by atoms with Crippen LogP contribution in [0.15, 0.2) is 0 Å². The molecule has 41 heavy (non-hydrogen) atoms. The summed E-state index contributed by atoms with van der Waals surface area (Å²) in [5.41, 5.74) is 0. The lowest BCUT2D eigenvalue weighted by atomic mass is 9.93. The summed E-state index contributed by atoms with van der Waals surface area (Å²) < 4.78 is 5.41. The summed E-state index contributed by atoms with van der Waals surface area (Å²) in [4.78, 5) is 37.5. The lowest BCUT2D eigenvalue weighted by molar-refractivity contribution is -0.150. The van der Waals surface area contributed by atoms with E-state index in [1.165, 1.54) is 109 Å². The zero-order chi connectivity index (χ0) is 30.2. The second-order valence-electron chi connectivity index (χ2n) is 12.6. The molecule has 0 rings (SSSR count). The lowest BCUT2D eigenvalue weighted by Crippen LogP contribution is -2.21. The van der Waals surface area contributed by atoms with Gasteiger partial charge >= 0.3 is 5.97 Å². The first-order valence-corrected chi connectivity index (χ1v) is 18.2. The minimum Gasteiger partial charge on any atom is -0.465 e. The first-order valence-electron chi connectivity index (χ1n) is 18.2. The summed E-state index contributed by atoms with van der Waals surface area (Å²) in [6, 6.07) is 0. The number of Topliss-reactive ketones (excluding diaryl/α,β-unsaturated/α-hetero) is 2. The van der Waals surface area contributed by atoms with Crippen molar-refractivity contribution in [1.29, 1.82) is 0 Å². The van der Waals surface area contributed by atoms with E-state index in [2.05, 4.69) is 13.8 Å². The Kier molecular flexibility index (Phi) is 30.8. The highest BCUT2D eigenvalue weighted by molar-refractivity contribution is 5.84. The zero-order valence-corrected chi connectivity index (χ0v) is 27.9. The van der Waals surface area contributed by atoms with E-state index in [0.717, 1.165) is 51.4 Å². The molecule has 242 valence electrons. The van der Waals surface area contributed by atoms with E-state index < -0.39 is 0 Å². The predicted molar refractivity (Wildman–Crippen MR) is 175 cm³/mol. The second kappa shape index (κ2) is 31.7. The summed E-state index contributed by atoms with van der Waals surface area (Å²) in [6.45, 7) is 6.93. The van der Waals surface area contributed by atoms with Crippen LogP contribution in [-0.4, -0.2) is 24.1 Å². The Bertz CT molecular complexity index is 600. The van der Waals surface area contributed by atoms with Gasteiger partial charge in [-0.05, 0) is 32.1 Å². The molecule has 0 radical (unpaired) electrons. The third kappa shape index (κ3) is 28.7. The number of carbonyl (C=O) groups excluding carboxylic acids is 3. The Morgan fingerprint density at radius 2 is 0.805 bits per heavy atom. The average molecular weight is 579 g/mol. The Labute approximate surface area is 255 Å². The van der Waals surface area contributed by atoms with Crippen LogP contribution in [0.2, 0.25) is 0 Å². The largest absolute Gasteiger partial charge is 0.465 e. The van der Waals surface area contributed by atoms with Crippen LogP contribution in [0.4, 0.5) is 0 Å². The molecule has 0 saturated carbocycles. The van der Waals surface area contributed by atoms with Crippen molar-refractivity contribution in [2.75, 3.05) is 6.61 Å². The quantitative estimate of drug-likeness (QED) is 0.0574. The highest BCUT2D eigenvalue weighted by atomic mass is 16.5. The van der Waals surface area contributed by atoms with Gasteiger partial charge in [0.05, 0.1) is 12.5 Å². The van der Waals surface area contributed by atoms with Gasteiger partial charge in [0.15, 0.2) is 0 Å². The molecule has 1 atom stereocenters. The summed E-state index contributed by atoms with van der Waals surface area (Å²) in [7, 11) is 0. The van der Waals surface area contributed by atoms with Crippen molar-refractivity contribution in [2.45, 2.75) is 207 Å². The maximum atomic E-state index is 12.6. The van der Waals surface area contributed by atoms with Gasteiger partial charge in [-0.2, -0.15) is 0 Å². The first kappa shape index (κ1) is 39.8. The fourth-order valence-corrected chi connectivity index (χ4v) is 5.63. The smallest absolute Gasteiger partial charge is 0.309 e. The molecule has 0 heterocycles. The van der Waals surface area contributed by atoms with Crippen molar-refractivity contribution in [3.63, 3.8) is 0 Å². The van der Waals surface area contributed by atoms with Crippen molar-refractivity contribution in [1.82, 2.24) is 0 Å². The number of esters is 1. The van der Waals surface area contributed by atoms with Gasteiger partial charge in [0, 0.05) is 25.7 Å². The Morgan fingerprint density at radius 1 is 0.439 bits per heavy atom. The maximum absolute atomic E-state index is 12.6. The maximum Gasteiger partial charge on any atom is 0.309 e.